The van der Waals surface area contributed by atoms with Gasteiger partial charge in [-0.05, 0) is 30.7 Å². The lowest BCUT2D eigenvalue weighted by molar-refractivity contribution is 0.442. The first kappa shape index (κ1) is 18.0. The third kappa shape index (κ3) is 4.46. The minimum atomic E-state index is -4.02. The smallest absolute Gasteiger partial charge is 0.245 e. The Hall–Kier alpha value is -1.05. The van der Waals surface area contributed by atoms with Crippen molar-refractivity contribution in [3.63, 3.8) is 0 Å². The molecule has 0 aromatic heterocycles. The highest BCUT2D eigenvalue weighted by atomic mass is 32.2. The number of nitrogens with one attached hydrogen (secondary N) is 1. The first-order valence-corrected chi connectivity index (χ1v) is 8.43. The number of benzene rings is 1. The normalized spacial score (nSPS) is 12.1. The third-order valence-electron chi connectivity index (χ3n) is 3.15. The molecule has 7 heteroatoms. The lowest BCUT2D eigenvalue weighted by atomic mass is 10.2. The van der Waals surface area contributed by atoms with E-state index in [0.717, 1.165) is 16.8 Å². The zero-order valence-electron chi connectivity index (χ0n) is 12.6. The molecule has 1 rings (SSSR count). The van der Waals surface area contributed by atoms with Crippen LogP contribution >= 0.6 is 0 Å². The average Bonchev–Trinajstić information content (AvgIpc) is 2.45. The minimum absolute atomic E-state index is 0.275. The standard InChI is InChI=1S/C14H22F2N2O2S/c1-4-6-7-18(3)21(19,20)13-9-11(10-17-5-2)8-12(15)14(13)16/h8-9,17H,4-7,10H2,1-3H3. The van der Waals surface area contributed by atoms with E-state index in [0.29, 0.717) is 18.5 Å². The third-order valence-corrected chi connectivity index (χ3v) is 5.00. The van der Waals surface area contributed by atoms with E-state index in [9.17, 15) is 17.2 Å². The van der Waals surface area contributed by atoms with Crippen molar-refractivity contribution >= 4 is 10.0 Å². The first-order chi connectivity index (χ1) is 9.84. The van der Waals surface area contributed by atoms with Crippen molar-refractivity contribution < 1.29 is 17.2 Å². The number of unbranched alkanes of at least 4 members (excludes halogenated alkanes) is 1. The Morgan fingerprint density at radius 1 is 1.24 bits per heavy atom. The van der Waals surface area contributed by atoms with Crippen molar-refractivity contribution in [3.05, 3.63) is 29.3 Å². The molecule has 0 atom stereocenters. The van der Waals surface area contributed by atoms with Gasteiger partial charge in [0.2, 0.25) is 10.0 Å². The van der Waals surface area contributed by atoms with Crippen LogP contribution in [0.15, 0.2) is 17.0 Å². The Labute approximate surface area is 125 Å². The van der Waals surface area contributed by atoms with Crippen molar-refractivity contribution in [2.24, 2.45) is 0 Å². The molecule has 0 unspecified atom stereocenters. The summed E-state index contributed by atoms with van der Waals surface area (Å²) in [6, 6.07) is 2.21. The fourth-order valence-electron chi connectivity index (χ4n) is 1.85. The van der Waals surface area contributed by atoms with E-state index in [4.69, 9.17) is 0 Å². The number of hydrogen-bond acceptors (Lipinski definition) is 3. The molecule has 1 N–H and O–H groups in total. The van der Waals surface area contributed by atoms with Crippen LogP contribution in [-0.2, 0) is 16.6 Å². The van der Waals surface area contributed by atoms with Crippen LogP contribution in [0.4, 0.5) is 8.78 Å². The maximum atomic E-state index is 13.9. The molecule has 0 amide bonds. The number of nitrogens with zero attached hydrogens (tertiary/aromatic N) is 1. The number of rotatable bonds is 8. The Kier molecular flexibility index (Phi) is 6.70. The van der Waals surface area contributed by atoms with Gasteiger partial charge in [-0.3, -0.25) is 0 Å². The van der Waals surface area contributed by atoms with Gasteiger partial charge in [0.1, 0.15) is 4.90 Å². The van der Waals surface area contributed by atoms with Gasteiger partial charge >= 0.3 is 0 Å². The molecule has 21 heavy (non-hydrogen) atoms. The van der Waals surface area contributed by atoms with E-state index >= 15 is 0 Å². The molecular formula is C14H22F2N2O2S. The highest BCUT2D eigenvalue weighted by molar-refractivity contribution is 7.89. The number of sulfonamides is 1. The SMILES string of the molecule is CCCCN(C)S(=O)(=O)c1cc(CNCC)cc(F)c1F. The molecule has 0 saturated carbocycles. The van der Waals surface area contributed by atoms with Gasteiger partial charge in [0.25, 0.3) is 0 Å². The molecule has 120 valence electrons. The predicted molar refractivity (Wildman–Crippen MR) is 78.5 cm³/mol. The van der Waals surface area contributed by atoms with Gasteiger partial charge in [0.05, 0.1) is 0 Å². The summed E-state index contributed by atoms with van der Waals surface area (Å²) in [6.07, 6.45) is 1.48. The summed E-state index contributed by atoms with van der Waals surface area (Å²) in [6.45, 7) is 5.01. The second kappa shape index (κ2) is 7.82. The maximum absolute atomic E-state index is 13.9. The molecule has 0 saturated heterocycles. The molecule has 0 spiro atoms. The molecule has 0 fully saturated rings. The lowest BCUT2D eigenvalue weighted by Crippen LogP contribution is -2.29. The molecule has 0 aliphatic rings. The summed E-state index contributed by atoms with van der Waals surface area (Å²) in [4.78, 5) is -0.603. The summed E-state index contributed by atoms with van der Waals surface area (Å²) < 4.78 is 53.2. The van der Waals surface area contributed by atoms with Crippen molar-refractivity contribution in [2.75, 3.05) is 20.1 Å². The van der Waals surface area contributed by atoms with Crippen LogP contribution in [0.1, 0.15) is 32.3 Å². The Balaban J connectivity index is 3.18. The van der Waals surface area contributed by atoms with Crippen LogP contribution in [0.5, 0.6) is 0 Å². The molecule has 1 aromatic carbocycles. The summed E-state index contributed by atoms with van der Waals surface area (Å²) in [5.41, 5.74) is 0.401. The van der Waals surface area contributed by atoms with Crippen LogP contribution in [0.3, 0.4) is 0 Å². The summed E-state index contributed by atoms with van der Waals surface area (Å²) in [7, 11) is -2.65. The largest absolute Gasteiger partial charge is 0.313 e. The van der Waals surface area contributed by atoms with E-state index in [1.54, 1.807) is 0 Å². The zero-order chi connectivity index (χ0) is 16.0. The average molecular weight is 320 g/mol. The molecule has 0 radical (unpaired) electrons. The van der Waals surface area contributed by atoms with E-state index in [1.807, 2.05) is 13.8 Å². The number of hydrogen-bond donors (Lipinski definition) is 1. The molecular weight excluding hydrogens is 298 g/mol. The Morgan fingerprint density at radius 2 is 1.90 bits per heavy atom. The second-order valence-corrected chi connectivity index (χ2v) is 6.86. The summed E-state index contributed by atoms with van der Waals surface area (Å²) in [5, 5.41) is 2.96. The molecule has 0 bridgehead atoms. The predicted octanol–water partition coefficient (Wildman–Crippen LogP) is 2.49. The molecule has 0 aliphatic heterocycles. The fourth-order valence-corrected chi connectivity index (χ4v) is 3.17. The maximum Gasteiger partial charge on any atom is 0.245 e. The molecule has 0 aliphatic carbocycles. The van der Waals surface area contributed by atoms with E-state index in [-0.39, 0.29) is 13.1 Å². The molecule has 4 nitrogen and oxygen atoms in total. The van der Waals surface area contributed by atoms with Crippen molar-refractivity contribution in [1.82, 2.24) is 9.62 Å². The highest BCUT2D eigenvalue weighted by Crippen LogP contribution is 2.23. The fraction of sp³-hybridized carbons (Fsp3) is 0.571. The Bertz CT molecular complexity index is 577. The van der Waals surface area contributed by atoms with Gasteiger partial charge in [-0.25, -0.2) is 21.5 Å². The molecule has 0 heterocycles. The van der Waals surface area contributed by atoms with E-state index < -0.39 is 26.6 Å². The van der Waals surface area contributed by atoms with Gasteiger partial charge < -0.3 is 5.32 Å². The van der Waals surface area contributed by atoms with Crippen LogP contribution in [-0.4, -0.2) is 32.9 Å². The van der Waals surface area contributed by atoms with Gasteiger partial charge in [0.15, 0.2) is 11.6 Å². The van der Waals surface area contributed by atoms with Crippen molar-refractivity contribution in [2.45, 2.75) is 38.1 Å². The van der Waals surface area contributed by atoms with E-state index in [1.165, 1.54) is 13.1 Å². The van der Waals surface area contributed by atoms with Crippen LogP contribution in [0, 0.1) is 11.6 Å². The summed E-state index contributed by atoms with van der Waals surface area (Å²) >= 11 is 0. The summed E-state index contributed by atoms with van der Waals surface area (Å²) in [5.74, 6) is -2.47. The van der Waals surface area contributed by atoms with Crippen molar-refractivity contribution in [1.29, 1.82) is 0 Å². The molecule has 1 aromatic rings. The quantitative estimate of drug-likeness (QED) is 0.800. The number of halogens is 2. The highest BCUT2D eigenvalue weighted by Gasteiger charge is 2.26. The topological polar surface area (TPSA) is 49.4 Å². The first-order valence-electron chi connectivity index (χ1n) is 6.99. The zero-order valence-corrected chi connectivity index (χ0v) is 13.4. The van der Waals surface area contributed by atoms with Gasteiger partial charge in [-0.15, -0.1) is 0 Å². The van der Waals surface area contributed by atoms with Crippen molar-refractivity contribution in [3.8, 4) is 0 Å². The van der Waals surface area contributed by atoms with Crippen LogP contribution in [0.2, 0.25) is 0 Å². The van der Waals surface area contributed by atoms with Crippen LogP contribution in [0.25, 0.3) is 0 Å². The monoisotopic (exact) mass is 320 g/mol. The van der Waals surface area contributed by atoms with Gasteiger partial charge in [-0.1, -0.05) is 20.3 Å². The minimum Gasteiger partial charge on any atom is -0.313 e. The Morgan fingerprint density at radius 3 is 2.48 bits per heavy atom. The van der Waals surface area contributed by atoms with Gasteiger partial charge in [0, 0.05) is 20.1 Å². The van der Waals surface area contributed by atoms with E-state index in [2.05, 4.69) is 5.32 Å². The second-order valence-electron chi connectivity index (χ2n) is 4.85. The lowest BCUT2D eigenvalue weighted by Gasteiger charge is -2.18. The van der Waals surface area contributed by atoms with Gasteiger partial charge in [-0.2, -0.15) is 0 Å². The van der Waals surface area contributed by atoms with Crippen LogP contribution < -0.4 is 5.32 Å².